The van der Waals surface area contributed by atoms with Crippen molar-refractivity contribution < 1.29 is 18.6 Å². The monoisotopic (exact) mass is 152 g/mol. The quantitative estimate of drug-likeness (QED) is 0.634. The normalized spacial score (nSPS) is 29.4. The van der Waals surface area contributed by atoms with E-state index in [1.807, 2.05) is 0 Å². The van der Waals surface area contributed by atoms with Crippen LogP contribution in [0.1, 0.15) is 12.8 Å². The van der Waals surface area contributed by atoms with Crippen molar-refractivity contribution in [2.24, 2.45) is 0 Å². The lowest BCUT2D eigenvalue weighted by Crippen LogP contribution is -2.31. The van der Waals surface area contributed by atoms with Crippen molar-refractivity contribution in [3.8, 4) is 0 Å². The molecule has 1 heterocycles. The summed E-state index contributed by atoms with van der Waals surface area (Å²) < 4.78 is 28.3. The minimum absolute atomic E-state index is 0.494. The molecule has 2 atom stereocenters. The third kappa shape index (κ3) is 1.64. The summed E-state index contributed by atoms with van der Waals surface area (Å²) >= 11 is 0. The third-order valence-corrected chi connectivity index (χ3v) is 1.60. The van der Waals surface area contributed by atoms with Crippen molar-refractivity contribution >= 4 is 0 Å². The SMILES string of the molecule is O[C@H](C(F)F)[C@H]1CCCO1. The summed E-state index contributed by atoms with van der Waals surface area (Å²) in [6.07, 6.45) is -3.59. The molecule has 4 heteroatoms. The Morgan fingerprint density at radius 3 is 2.60 bits per heavy atom. The van der Waals surface area contributed by atoms with Crippen LogP contribution in [0.25, 0.3) is 0 Å². The Hall–Kier alpha value is -0.220. The minimum atomic E-state index is -2.68. The second-order valence-electron chi connectivity index (χ2n) is 2.38. The number of hydrogen-bond acceptors (Lipinski definition) is 2. The molecule has 1 aliphatic rings. The molecule has 0 unspecified atom stereocenters. The zero-order chi connectivity index (χ0) is 7.56. The van der Waals surface area contributed by atoms with Crippen molar-refractivity contribution in [3.05, 3.63) is 0 Å². The topological polar surface area (TPSA) is 29.5 Å². The first kappa shape index (κ1) is 7.88. The highest BCUT2D eigenvalue weighted by Gasteiger charge is 2.30. The van der Waals surface area contributed by atoms with Gasteiger partial charge in [-0.05, 0) is 12.8 Å². The highest BCUT2D eigenvalue weighted by molar-refractivity contribution is 4.74. The lowest BCUT2D eigenvalue weighted by Gasteiger charge is -2.15. The molecular formula is C6H10F2O2. The van der Waals surface area contributed by atoms with Crippen molar-refractivity contribution in [3.63, 3.8) is 0 Å². The molecule has 0 radical (unpaired) electrons. The second-order valence-corrected chi connectivity index (χ2v) is 2.38. The van der Waals surface area contributed by atoms with Crippen LogP contribution in [0, 0.1) is 0 Å². The van der Waals surface area contributed by atoms with Gasteiger partial charge in [0, 0.05) is 6.61 Å². The Labute approximate surface area is 57.8 Å². The predicted molar refractivity (Wildman–Crippen MR) is 31.0 cm³/mol. The number of hydrogen-bond donors (Lipinski definition) is 1. The molecule has 0 aromatic rings. The third-order valence-electron chi connectivity index (χ3n) is 1.60. The fourth-order valence-corrected chi connectivity index (χ4v) is 1.03. The number of aliphatic hydroxyl groups excluding tert-OH is 1. The van der Waals surface area contributed by atoms with Gasteiger partial charge in [0.15, 0.2) is 0 Å². The molecule has 0 bridgehead atoms. The molecule has 10 heavy (non-hydrogen) atoms. The van der Waals surface area contributed by atoms with Gasteiger partial charge in [0.2, 0.25) is 0 Å². The Balaban J connectivity index is 2.32. The first-order chi connectivity index (χ1) is 4.72. The zero-order valence-corrected chi connectivity index (χ0v) is 5.46. The fourth-order valence-electron chi connectivity index (χ4n) is 1.03. The highest BCUT2D eigenvalue weighted by atomic mass is 19.3. The lowest BCUT2D eigenvalue weighted by molar-refractivity contribution is -0.0827. The van der Waals surface area contributed by atoms with Crippen molar-refractivity contribution in [2.75, 3.05) is 6.61 Å². The van der Waals surface area contributed by atoms with Gasteiger partial charge >= 0.3 is 0 Å². The molecule has 0 saturated carbocycles. The van der Waals surface area contributed by atoms with Crippen LogP contribution < -0.4 is 0 Å². The molecule has 1 rings (SSSR count). The maximum Gasteiger partial charge on any atom is 0.266 e. The molecule has 1 saturated heterocycles. The Morgan fingerprint density at radius 2 is 2.20 bits per heavy atom. The van der Waals surface area contributed by atoms with E-state index in [9.17, 15) is 8.78 Å². The number of aliphatic hydroxyl groups is 1. The van der Waals surface area contributed by atoms with Gasteiger partial charge in [0.1, 0.15) is 6.10 Å². The van der Waals surface area contributed by atoms with E-state index in [2.05, 4.69) is 0 Å². The van der Waals surface area contributed by atoms with Gasteiger partial charge in [0.05, 0.1) is 6.10 Å². The summed E-state index contributed by atoms with van der Waals surface area (Å²) in [5.41, 5.74) is 0. The van der Waals surface area contributed by atoms with Crippen LogP contribution >= 0.6 is 0 Å². The van der Waals surface area contributed by atoms with Crippen molar-refractivity contribution in [1.82, 2.24) is 0 Å². The molecule has 0 spiro atoms. The first-order valence-corrected chi connectivity index (χ1v) is 3.29. The molecule has 0 aromatic heterocycles. The van der Waals surface area contributed by atoms with Crippen molar-refractivity contribution in [1.29, 1.82) is 0 Å². The molecular weight excluding hydrogens is 142 g/mol. The van der Waals surface area contributed by atoms with Crippen LogP contribution in [0.2, 0.25) is 0 Å². The Morgan fingerprint density at radius 1 is 1.50 bits per heavy atom. The van der Waals surface area contributed by atoms with Crippen LogP contribution in [0.3, 0.4) is 0 Å². The van der Waals surface area contributed by atoms with E-state index in [0.717, 1.165) is 6.42 Å². The van der Waals surface area contributed by atoms with E-state index >= 15 is 0 Å². The van der Waals surface area contributed by atoms with E-state index in [4.69, 9.17) is 9.84 Å². The van der Waals surface area contributed by atoms with Gasteiger partial charge in [-0.15, -0.1) is 0 Å². The summed E-state index contributed by atoms with van der Waals surface area (Å²) in [4.78, 5) is 0. The molecule has 0 aliphatic carbocycles. The average Bonchev–Trinajstić information content (AvgIpc) is 2.36. The summed E-state index contributed by atoms with van der Waals surface area (Å²) in [6, 6.07) is 0. The fraction of sp³-hybridized carbons (Fsp3) is 1.00. The van der Waals surface area contributed by atoms with Gasteiger partial charge in [-0.2, -0.15) is 0 Å². The second kappa shape index (κ2) is 3.25. The predicted octanol–water partition coefficient (Wildman–Crippen LogP) is 0.791. The standard InChI is InChI=1S/C6H10F2O2/c7-6(8)5(9)4-2-1-3-10-4/h4-6,9H,1-3H2/t4-,5+/m1/s1. The van der Waals surface area contributed by atoms with E-state index in [1.54, 1.807) is 0 Å². The molecule has 0 amide bonds. The number of halogens is 2. The van der Waals surface area contributed by atoms with Crippen LogP contribution in [-0.2, 0) is 4.74 Å². The zero-order valence-electron chi connectivity index (χ0n) is 5.46. The summed E-state index contributed by atoms with van der Waals surface area (Å²) in [5, 5.41) is 8.75. The van der Waals surface area contributed by atoms with Gasteiger partial charge in [-0.3, -0.25) is 0 Å². The molecule has 1 N–H and O–H groups in total. The Bertz CT molecular complexity index is 102. The number of alkyl halides is 2. The maximum atomic E-state index is 11.8. The smallest absolute Gasteiger partial charge is 0.266 e. The summed E-state index contributed by atoms with van der Waals surface area (Å²) in [5.74, 6) is 0. The molecule has 0 aromatic carbocycles. The van der Waals surface area contributed by atoms with E-state index in [1.165, 1.54) is 0 Å². The first-order valence-electron chi connectivity index (χ1n) is 3.29. The molecule has 1 aliphatic heterocycles. The molecule has 2 nitrogen and oxygen atoms in total. The van der Waals surface area contributed by atoms with E-state index < -0.39 is 18.6 Å². The van der Waals surface area contributed by atoms with Gasteiger partial charge in [-0.1, -0.05) is 0 Å². The van der Waals surface area contributed by atoms with Crippen LogP contribution in [0.4, 0.5) is 8.78 Å². The molecule has 1 fully saturated rings. The average molecular weight is 152 g/mol. The van der Waals surface area contributed by atoms with E-state index in [0.29, 0.717) is 13.0 Å². The number of rotatable bonds is 2. The minimum Gasteiger partial charge on any atom is -0.384 e. The summed E-state index contributed by atoms with van der Waals surface area (Å²) in [7, 11) is 0. The van der Waals surface area contributed by atoms with Gasteiger partial charge in [-0.25, -0.2) is 8.78 Å². The maximum absolute atomic E-state index is 11.8. The van der Waals surface area contributed by atoms with Crippen molar-refractivity contribution in [2.45, 2.75) is 31.5 Å². The largest absolute Gasteiger partial charge is 0.384 e. The lowest BCUT2D eigenvalue weighted by atomic mass is 10.1. The van der Waals surface area contributed by atoms with Gasteiger partial charge in [0.25, 0.3) is 6.43 Å². The Kier molecular flexibility index (Phi) is 2.56. The van der Waals surface area contributed by atoms with Crippen LogP contribution in [0.15, 0.2) is 0 Å². The van der Waals surface area contributed by atoms with Crippen LogP contribution in [-0.4, -0.2) is 30.3 Å². The number of ether oxygens (including phenoxy) is 1. The van der Waals surface area contributed by atoms with Gasteiger partial charge < -0.3 is 9.84 Å². The highest BCUT2D eigenvalue weighted by Crippen LogP contribution is 2.19. The molecule has 60 valence electrons. The summed E-state index contributed by atoms with van der Waals surface area (Å²) in [6.45, 7) is 0.494. The van der Waals surface area contributed by atoms with E-state index in [-0.39, 0.29) is 0 Å². The van der Waals surface area contributed by atoms with Crippen LogP contribution in [0.5, 0.6) is 0 Å².